The van der Waals surface area contributed by atoms with Crippen LogP contribution in [0.15, 0.2) is 24.4 Å². The number of nitrogens with zero attached hydrogens (tertiary/aromatic N) is 1. The summed E-state index contributed by atoms with van der Waals surface area (Å²) >= 11 is 0. The molecule has 2 aromatic rings. The second-order valence-electron chi connectivity index (χ2n) is 5.67. The van der Waals surface area contributed by atoms with E-state index in [0.717, 1.165) is 29.4 Å². The van der Waals surface area contributed by atoms with E-state index in [1.165, 1.54) is 0 Å². The number of fused-ring (bicyclic) bond motifs is 1. The molecule has 0 saturated carbocycles. The van der Waals surface area contributed by atoms with Crippen LogP contribution in [-0.2, 0) is 16.0 Å². The van der Waals surface area contributed by atoms with Crippen LogP contribution < -0.4 is 10.5 Å². The molecule has 0 amide bonds. The van der Waals surface area contributed by atoms with Crippen molar-refractivity contribution in [3.63, 3.8) is 0 Å². The van der Waals surface area contributed by atoms with Crippen molar-refractivity contribution in [3.05, 3.63) is 30.0 Å². The van der Waals surface area contributed by atoms with E-state index < -0.39 is 18.0 Å². The number of hydrogen-bond acceptors (Lipinski definition) is 5. The van der Waals surface area contributed by atoms with Gasteiger partial charge in [0.1, 0.15) is 11.8 Å². The van der Waals surface area contributed by atoms with Crippen molar-refractivity contribution < 1.29 is 19.4 Å². The van der Waals surface area contributed by atoms with Crippen molar-refractivity contribution in [2.24, 2.45) is 5.73 Å². The first-order valence-corrected chi connectivity index (χ1v) is 7.31. The Morgan fingerprint density at radius 2 is 2.13 bits per heavy atom. The molecule has 0 fully saturated rings. The fourth-order valence-corrected chi connectivity index (χ4v) is 2.28. The average molecular weight is 319 g/mol. The van der Waals surface area contributed by atoms with Gasteiger partial charge in [-0.1, -0.05) is 6.07 Å². The Hall–Kier alpha value is -2.38. The van der Waals surface area contributed by atoms with Crippen LogP contribution in [0.2, 0.25) is 0 Å². The molecule has 0 aliphatic carbocycles. The highest BCUT2D eigenvalue weighted by molar-refractivity contribution is 5.92. The molecule has 0 saturated heterocycles. The summed E-state index contributed by atoms with van der Waals surface area (Å²) in [6.45, 7) is 0.860. The van der Waals surface area contributed by atoms with Gasteiger partial charge in [0, 0.05) is 23.6 Å². The van der Waals surface area contributed by atoms with Crippen LogP contribution in [0.5, 0.6) is 5.75 Å². The fourth-order valence-electron chi connectivity index (χ4n) is 2.28. The lowest BCUT2D eigenvalue weighted by atomic mass is 10.1. The van der Waals surface area contributed by atoms with Gasteiger partial charge in [0.15, 0.2) is 0 Å². The number of rotatable bonds is 7. The number of benzene rings is 1. The molecule has 7 heteroatoms. The van der Waals surface area contributed by atoms with E-state index in [9.17, 15) is 9.59 Å². The van der Waals surface area contributed by atoms with Gasteiger partial charge in [-0.25, -0.2) is 0 Å². The molecule has 1 aromatic carbocycles. The standard InChI is InChI=1S/C16H21N3O4/c1-19(2)7-6-10-9-18-12-4-3-5-13(15(10)12)23-14(20)8-11(17)16(21)22/h3-5,9,11,18H,6-8,17H2,1-2H3,(H,21,22). The van der Waals surface area contributed by atoms with Gasteiger partial charge in [-0.2, -0.15) is 0 Å². The third kappa shape index (κ3) is 4.30. The highest BCUT2D eigenvalue weighted by Crippen LogP contribution is 2.29. The molecule has 1 heterocycles. The predicted molar refractivity (Wildman–Crippen MR) is 86.4 cm³/mol. The molecule has 0 bridgehead atoms. The SMILES string of the molecule is CN(C)CCc1c[nH]c2cccc(OC(=O)CC(N)C(=O)O)c12. The molecule has 2 rings (SSSR count). The van der Waals surface area contributed by atoms with Gasteiger partial charge in [0.2, 0.25) is 0 Å². The average Bonchev–Trinajstić information content (AvgIpc) is 2.89. The Morgan fingerprint density at radius 3 is 2.78 bits per heavy atom. The molecule has 1 atom stereocenters. The van der Waals surface area contributed by atoms with Crippen LogP contribution in [0.25, 0.3) is 10.9 Å². The number of carboxylic acids is 1. The van der Waals surface area contributed by atoms with Crippen molar-refractivity contribution >= 4 is 22.8 Å². The predicted octanol–water partition coefficient (Wildman–Crippen LogP) is 0.979. The molecular formula is C16H21N3O4. The third-order valence-electron chi connectivity index (χ3n) is 3.51. The molecule has 23 heavy (non-hydrogen) atoms. The van der Waals surface area contributed by atoms with Crippen molar-refractivity contribution in [1.82, 2.24) is 9.88 Å². The molecule has 7 nitrogen and oxygen atoms in total. The molecule has 1 aromatic heterocycles. The van der Waals surface area contributed by atoms with Crippen LogP contribution >= 0.6 is 0 Å². The number of nitrogens with one attached hydrogen (secondary N) is 1. The number of carbonyl (C=O) groups is 2. The quantitative estimate of drug-likeness (QED) is 0.518. The first kappa shape index (κ1) is 17.0. The lowest BCUT2D eigenvalue weighted by Gasteiger charge is -2.11. The summed E-state index contributed by atoms with van der Waals surface area (Å²) in [7, 11) is 3.98. The maximum atomic E-state index is 11.9. The van der Waals surface area contributed by atoms with Gasteiger partial charge in [0.05, 0.1) is 6.42 Å². The summed E-state index contributed by atoms with van der Waals surface area (Å²) in [5.41, 5.74) is 7.27. The number of aromatic amines is 1. The Morgan fingerprint density at radius 1 is 1.39 bits per heavy atom. The fraction of sp³-hybridized carbons (Fsp3) is 0.375. The van der Waals surface area contributed by atoms with Crippen molar-refractivity contribution in [3.8, 4) is 5.75 Å². The number of aliphatic carboxylic acids is 1. The number of ether oxygens (including phenoxy) is 1. The summed E-state index contributed by atoms with van der Waals surface area (Å²) in [4.78, 5) is 27.8. The maximum Gasteiger partial charge on any atom is 0.321 e. The Labute approximate surface area is 134 Å². The van der Waals surface area contributed by atoms with E-state index in [4.69, 9.17) is 15.6 Å². The Bertz CT molecular complexity index is 708. The van der Waals surface area contributed by atoms with Gasteiger partial charge in [-0.15, -0.1) is 0 Å². The van der Waals surface area contributed by atoms with Gasteiger partial charge in [0.25, 0.3) is 0 Å². The second-order valence-corrected chi connectivity index (χ2v) is 5.67. The third-order valence-corrected chi connectivity index (χ3v) is 3.51. The molecule has 4 N–H and O–H groups in total. The maximum absolute atomic E-state index is 11.9. The van der Waals surface area contributed by atoms with Crippen LogP contribution in [0, 0.1) is 0 Å². The number of esters is 1. The number of carbonyl (C=O) groups excluding carboxylic acids is 1. The van der Waals surface area contributed by atoms with E-state index in [1.54, 1.807) is 12.1 Å². The molecule has 124 valence electrons. The number of likely N-dealkylation sites (N-methyl/N-ethyl adjacent to an activating group) is 1. The van der Waals surface area contributed by atoms with Crippen molar-refractivity contribution in [1.29, 1.82) is 0 Å². The van der Waals surface area contributed by atoms with E-state index in [2.05, 4.69) is 9.88 Å². The minimum atomic E-state index is -1.26. The van der Waals surface area contributed by atoms with E-state index in [-0.39, 0.29) is 6.42 Å². The van der Waals surface area contributed by atoms with Gasteiger partial charge >= 0.3 is 11.9 Å². The highest BCUT2D eigenvalue weighted by atomic mass is 16.5. The van der Waals surface area contributed by atoms with Crippen LogP contribution in [0.1, 0.15) is 12.0 Å². The normalized spacial score (nSPS) is 12.5. The monoisotopic (exact) mass is 319 g/mol. The van der Waals surface area contributed by atoms with Crippen LogP contribution in [-0.4, -0.2) is 53.6 Å². The lowest BCUT2D eigenvalue weighted by Crippen LogP contribution is -2.33. The number of H-pyrrole nitrogens is 1. The molecule has 1 unspecified atom stereocenters. The van der Waals surface area contributed by atoms with Gasteiger partial charge < -0.3 is 25.5 Å². The zero-order valence-corrected chi connectivity index (χ0v) is 13.2. The van der Waals surface area contributed by atoms with Crippen LogP contribution in [0.3, 0.4) is 0 Å². The Kier molecular flexibility index (Phi) is 5.36. The van der Waals surface area contributed by atoms with Gasteiger partial charge in [-0.05, 0) is 38.2 Å². The van der Waals surface area contributed by atoms with Gasteiger partial charge in [-0.3, -0.25) is 9.59 Å². The molecule has 0 aliphatic heterocycles. The molecular weight excluding hydrogens is 298 g/mol. The van der Waals surface area contributed by atoms with E-state index >= 15 is 0 Å². The number of hydrogen-bond donors (Lipinski definition) is 3. The Balaban J connectivity index is 2.21. The van der Waals surface area contributed by atoms with Crippen molar-refractivity contribution in [2.45, 2.75) is 18.9 Å². The minimum absolute atomic E-state index is 0.372. The summed E-state index contributed by atoms with van der Waals surface area (Å²) < 4.78 is 5.34. The summed E-state index contributed by atoms with van der Waals surface area (Å²) in [6.07, 6.45) is 2.33. The van der Waals surface area contributed by atoms with Crippen LogP contribution in [0.4, 0.5) is 0 Å². The largest absolute Gasteiger partial charge is 0.480 e. The summed E-state index contributed by atoms with van der Waals surface area (Å²) in [6, 6.07) is 4.10. The zero-order valence-electron chi connectivity index (χ0n) is 13.2. The van der Waals surface area contributed by atoms with E-state index in [1.807, 2.05) is 26.4 Å². The number of nitrogens with two attached hydrogens (primary N) is 1. The number of carboxylic acid groups (broad SMARTS) is 1. The minimum Gasteiger partial charge on any atom is -0.480 e. The summed E-state index contributed by atoms with van der Waals surface area (Å²) in [5.74, 6) is -1.47. The second kappa shape index (κ2) is 7.26. The first-order valence-electron chi connectivity index (χ1n) is 7.31. The molecule has 0 radical (unpaired) electrons. The zero-order chi connectivity index (χ0) is 17.0. The lowest BCUT2D eigenvalue weighted by molar-refractivity contribution is -0.143. The smallest absolute Gasteiger partial charge is 0.321 e. The van der Waals surface area contributed by atoms with E-state index in [0.29, 0.717) is 5.75 Å². The van der Waals surface area contributed by atoms with Crippen molar-refractivity contribution in [2.75, 3.05) is 20.6 Å². The first-order chi connectivity index (χ1) is 10.9. The number of aromatic nitrogens is 1. The molecule has 0 aliphatic rings. The molecule has 0 spiro atoms. The highest BCUT2D eigenvalue weighted by Gasteiger charge is 2.19. The summed E-state index contributed by atoms with van der Waals surface area (Å²) in [5, 5.41) is 9.60. The topological polar surface area (TPSA) is 109 Å².